The van der Waals surface area contributed by atoms with Gasteiger partial charge >= 0.3 is 0 Å². The van der Waals surface area contributed by atoms with Crippen LogP contribution in [-0.2, 0) is 6.54 Å². The first-order valence-corrected chi connectivity index (χ1v) is 6.77. The van der Waals surface area contributed by atoms with Gasteiger partial charge in [0.2, 0.25) is 5.88 Å². The monoisotopic (exact) mass is 303 g/mol. The van der Waals surface area contributed by atoms with Crippen molar-refractivity contribution in [2.24, 2.45) is 0 Å². The molecule has 0 fully saturated rings. The van der Waals surface area contributed by atoms with Gasteiger partial charge in [-0.15, -0.1) is 0 Å². The molecule has 0 saturated carbocycles. The quantitative estimate of drug-likeness (QED) is 0.601. The number of benzene rings is 1. The standard InChI is InChI=1S/C15H17N3O4/c1-11-2-3-12(8-14(11)18(20)21)9-16-13-4-5-15(17-10-13)22-7-6-19/h2-5,8,10,16,19H,6-7,9H2,1H3. The van der Waals surface area contributed by atoms with Crippen molar-refractivity contribution in [1.82, 2.24) is 4.98 Å². The van der Waals surface area contributed by atoms with E-state index in [0.717, 1.165) is 11.3 Å². The van der Waals surface area contributed by atoms with Gasteiger partial charge in [-0.3, -0.25) is 10.1 Å². The van der Waals surface area contributed by atoms with Crippen LogP contribution in [0.1, 0.15) is 11.1 Å². The van der Waals surface area contributed by atoms with Gasteiger partial charge in [-0.05, 0) is 18.6 Å². The number of aryl methyl sites for hydroxylation is 1. The molecular weight excluding hydrogens is 286 g/mol. The molecule has 2 N–H and O–H groups in total. The van der Waals surface area contributed by atoms with Crippen LogP contribution in [0.15, 0.2) is 36.5 Å². The lowest BCUT2D eigenvalue weighted by atomic mass is 10.1. The van der Waals surface area contributed by atoms with Gasteiger partial charge in [-0.1, -0.05) is 12.1 Å². The molecule has 22 heavy (non-hydrogen) atoms. The van der Waals surface area contributed by atoms with Crippen LogP contribution >= 0.6 is 0 Å². The van der Waals surface area contributed by atoms with E-state index in [2.05, 4.69) is 10.3 Å². The zero-order chi connectivity index (χ0) is 15.9. The molecule has 0 atom stereocenters. The summed E-state index contributed by atoms with van der Waals surface area (Å²) in [6.45, 7) is 2.31. The molecule has 1 aromatic heterocycles. The average Bonchev–Trinajstić information content (AvgIpc) is 2.53. The molecule has 0 aliphatic rings. The van der Waals surface area contributed by atoms with E-state index in [1.54, 1.807) is 37.4 Å². The van der Waals surface area contributed by atoms with Crippen LogP contribution in [0.4, 0.5) is 11.4 Å². The van der Waals surface area contributed by atoms with Crippen molar-refractivity contribution in [2.75, 3.05) is 18.5 Å². The minimum Gasteiger partial charge on any atom is -0.475 e. The number of anilines is 1. The lowest BCUT2D eigenvalue weighted by Crippen LogP contribution is -2.04. The highest BCUT2D eigenvalue weighted by Gasteiger charge is 2.10. The van der Waals surface area contributed by atoms with Crippen LogP contribution in [0.5, 0.6) is 5.88 Å². The second kappa shape index (κ2) is 7.37. The number of aliphatic hydroxyl groups excluding tert-OH is 1. The molecule has 116 valence electrons. The highest BCUT2D eigenvalue weighted by molar-refractivity contribution is 5.46. The Morgan fingerprint density at radius 2 is 2.18 bits per heavy atom. The fourth-order valence-corrected chi connectivity index (χ4v) is 1.89. The summed E-state index contributed by atoms with van der Waals surface area (Å²) in [5, 5.41) is 22.7. The average molecular weight is 303 g/mol. The third-order valence-corrected chi connectivity index (χ3v) is 3.04. The Balaban J connectivity index is 1.98. The molecule has 0 amide bonds. The number of hydrogen-bond acceptors (Lipinski definition) is 6. The minimum atomic E-state index is -0.381. The van der Waals surface area contributed by atoms with Gasteiger partial charge in [0.25, 0.3) is 5.69 Å². The highest BCUT2D eigenvalue weighted by Crippen LogP contribution is 2.20. The number of pyridine rings is 1. The Morgan fingerprint density at radius 1 is 1.36 bits per heavy atom. The fraction of sp³-hybridized carbons (Fsp3) is 0.267. The highest BCUT2D eigenvalue weighted by atomic mass is 16.6. The Bertz CT molecular complexity index is 644. The van der Waals surface area contributed by atoms with Crippen LogP contribution in [-0.4, -0.2) is 28.2 Å². The van der Waals surface area contributed by atoms with Crippen LogP contribution < -0.4 is 10.1 Å². The maximum absolute atomic E-state index is 10.9. The van der Waals surface area contributed by atoms with E-state index in [0.29, 0.717) is 18.0 Å². The molecule has 0 unspecified atom stereocenters. The molecule has 0 saturated heterocycles. The van der Waals surface area contributed by atoms with Crippen molar-refractivity contribution in [3.05, 3.63) is 57.8 Å². The molecule has 0 radical (unpaired) electrons. The molecule has 0 bridgehead atoms. The Hall–Kier alpha value is -2.67. The maximum Gasteiger partial charge on any atom is 0.272 e. The maximum atomic E-state index is 10.9. The molecule has 2 aromatic rings. The summed E-state index contributed by atoms with van der Waals surface area (Å²) >= 11 is 0. The number of nitrogens with zero attached hydrogens (tertiary/aromatic N) is 2. The van der Waals surface area contributed by atoms with E-state index in [1.807, 2.05) is 6.07 Å². The van der Waals surface area contributed by atoms with Crippen molar-refractivity contribution in [1.29, 1.82) is 0 Å². The molecule has 7 nitrogen and oxygen atoms in total. The van der Waals surface area contributed by atoms with E-state index in [-0.39, 0.29) is 23.8 Å². The van der Waals surface area contributed by atoms with Gasteiger partial charge < -0.3 is 15.2 Å². The number of aliphatic hydroxyl groups is 1. The second-order valence-corrected chi connectivity index (χ2v) is 4.69. The van der Waals surface area contributed by atoms with E-state index in [4.69, 9.17) is 9.84 Å². The lowest BCUT2D eigenvalue weighted by Gasteiger charge is -2.08. The van der Waals surface area contributed by atoms with Crippen LogP contribution in [0.2, 0.25) is 0 Å². The minimum absolute atomic E-state index is 0.0616. The predicted octanol–water partition coefficient (Wildman–Crippen LogP) is 2.28. The van der Waals surface area contributed by atoms with Gasteiger partial charge in [0.1, 0.15) is 6.61 Å². The topological polar surface area (TPSA) is 97.5 Å². The first-order chi connectivity index (χ1) is 10.6. The van der Waals surface area contributed by atoms with Gasteiger partial charge in [0.15, 0.2) is 0 Å². The van der Waals surface area contributed by atoms with E-state index < -0.39 is 0 Å². The predicted molar refractivity (Wildman–Crippen MR) is 82.0 cm³/mol. The van der Waals surface area contributed by atoms with Crippen molar-refractivity contribution in [3.8, 4) is 5.88 Å². The summed E-state index contributed by atoms with van der Waals surface area (Å²) in [5.41, 5.74) is 2.35. The summed E-state index contributed by atoms with van der Waals surface area (Å²) in [6, 6.07) is 8.63. The molecule has 1 aromatic carbocycles. The molecule has 2 rings (SSSR count). The number of nitro benzene ring substituents is 1. The molecule has 1 heterocycles. The van der Waals surface area contributed by atoms with Crippen LogP contribution in [0, 0.1) is 17.0 Å². The van der Waals surface area contributed by atoms with Gasteiger partial charge in [-0.2, -0.15) is 0 Å². The normalized spacial score (nSPS) is 10.3. The first kappa shape index (κ1) is 15.7. The summed E-state index contributed by atoms with van der Waals surface area (Å²) in [4.78, 5) is 14.6. The second-order valence-electron chi connectivity index (χ2n) is 4.69. The molecule has 0 spiro atoms. The van der Waals surface area contributed by atoms with Gasteiger partial charge in [0.05, 0.1) is 23.4 Å². The number of hydrogen-bond donors (Lipinski definition) is 2. The third-order valence-electron chi connectivity index (χ3n) is 3.04. The molecule has 0 aliphatic heterocycles. The van der Waals surface area contributed by atoms with Crippen LogP contribution in [0.25, 0.3) is 0 Å². The first-order valence-electron chi connectivity index (χ1n) is 6.77. The van der Waals surface area contributed by atoms with Crippen LogP contribution in [0.3, 0.4) is 0 Å². The van der Waals surface area contributed by atoms with Crippen molar-refractivity contribution in [2.45, 2.75) is 13.5 Å². The van der Waals surface area contributed by atoms with E-state index in [1.165, 1.54) is 0 Å². The SMILES string of the molecule is Cc1ccc(CNc2ccc(OCCO)nc2)cc1[N+](=O)[O-]. The third kappa shape index (κ3) is 4.16. The summed E-state index contributed by atoms with van der Waals surface area (Å²) in [5.74, 6) is 0.436. The smallest absolute Gasteiger partial charge is 0.272 e. The Morgan fingerprint density at radius 3 is 2.82 bits per heavy atom. The summed E-state index contributed by atoms with van der Waals surface area (Å²) in [7, 11) is 0. The zero-order valence-electron chi connectivity index (χ0n) is 12.2. The van der Waals surface area contributed by atoms with Gasteiger partial charge in [0, 0.05) is 24.2 Å². The number of rotatable bonds is 7. The van der Waals surface area contributed by atoms with Gasteiger partial charge in [-0.25, -0.2) is 4.98 Å². The molecule has 7 heteroatoms. The largest absolute Gasteiger partial charge is 0.475 e. The Kier molecular flexibility index (Phi) is 5.26. The van der Waals surface area contributed by atoms with E-state index >= 15 is 0 Å². The number of nitro groups is 1. The van der Waals surface area contributed by atoms with Crippen molar-refractivity contribution in [3.63, 3.8) is 0 Å². The summed E-state index contributed by atoms with van der Waals surface area (Å²) < 4.78 is 5.16. The van der Waals surface area contributed by atoms with E-state index in [9.17, 15) is 10.1 Å². The summed E-state index contributed by atoms with van der Waals surface area (Å²) in [6.07, 6.45) is 1.61. The number of ether oxygens (including phenoxy) is 1. The fourth-order valence-electron chi connectivity index (χ4n) is 1.89. The Labute approximate surface area is 127 Å². The molecule has 0 aliphatic carbocycles. The zero-order valence-corrected chi connectivity index (χ0v) is 12.2. The number of aromatic nitrogens is 1. The van der Waals surface area contributed by atoms with Crippen molar-refractivity contribution < 1.29 is 14.8 Å². The van der Waals surface area contributed by atoms with Crippen molar-refractivity contribution >= 4 is 11.4 Å². The number of nitrogens with one attached hydrogen (secondary N) is 1. The molecular formula is C15H17N3O4. The lowest BCUT2D eigenvalue weighted by molar-refractivity contribution is -0.385.